The Morgan fingerprint density at radius 1 is 1.33 bits per heavy atom. The maximum absolute atomic E-state index is 11.9. The van der Waals surface area contributed by atoms with Crippen molar-refractivity contribution in [3.63, 3.8) is 0 Å². The lowest BCUT2D eigenvalue weighted by atomic mass is 10.1. The molecule has 1 heterocycles. The number of amides is 2. The predicted octanol–water partition coefficient (Wildman–Crippen LogP) is -0.0895. The van der Waals surface area contributed by atoms with Gasteiger partial charge in [-0.1, -0.05) is 18.2 Å². The van der Waals surface area contributed by atoms with Crippen molar-refractivity contribution in [2.45, 2.75) is 4.90 Å². The van der Waals surface area contributed by atoms with E-state index in [1.807, 2.05) is 4.72 Å². The second-order valence-electron chi connectivity index (χ2n) is 4.77. The number of carbonyl (C=O) groups excluding carboxylic acids is 1. The van der Waals surface area contributed by atoms with Gasteiger partial charge in [-0.15, -0.1) is 0 Å². The van der Waals surface area contributed by atoms with E-state index in [0.717, 1.165) is 13.1 Å². The number of carbonyl (C=O) groups is 1. The first-order valence-corrected chi connectivity index (χ1v) is 8.20. The summed E-state index contributed by atoms with van der Waals surface area (Å²) in [6.07, 6.45) is 0. The molecular formula is C13H19N3O4S. The SMILES string of the molecule is O=C(NC[C@H]1CNCCOC1)NS(=O)(=O)c1ccccc1. The second-order valence-corrected chi connectivity index (χ2v) is 6.46. The van der Waals surface area contributed by atoms with Crippen molar-refractivity contribution >= 4 is 16.1 Å². The molecule has 116 valence electrons. The van der Waals surface area contributed by atoms with Crippen LogP contribution in [0.3, 0.4) is 0 Å². The van der Waals surface area contributed by atoms with Crippen LogP contribution in [0.1, 0.15) is 0 Å². The second kappa shape index (κ2) is 7.39. The molecule has 1 aromatic carbocycles. The van der Waals surface area contributed by atoms with E-state index < -0.39 is 16.1 Å². The van der Waals surface area contributed by atoms with Crippen molar-refractivity contribution in [1.29, 1.82) is 0 Å². The van der Waals surface area contributed by atoms with Gasteiger partial charge in [-0.05, 0) is 12.1 Å². The third-order valence-electron chi connectivity index (χ3n) is 3.04. The zero-order valence-electron chi connectivity index (χ0n) is 11.5. The van der Waals surface area contributed by atoms with Crippen LogP contribution in [-0.4, -0.2) is 47.3 Å². The summed E-state index contributed by atoms with van der Waals surface area (Å²) in [5.41, 5.74) is 0. The monoisotopic (exact) mass is 313 g/mol. The molecule has 0 unspecified atom stereocenters. The van der Waals surface area contributed by atoms with Crippen LogP contribution in [-0.2, 0) is 14.8 Å². The largest absolute Gasteiger partial charge is 0.380 e. The van der Waals surface area contributed by atoms with Gasteiger partial charge in [0.15, 0.2) is 0 Å². The lowest BCUT2D eigenvalue weighted by Crippen LogP contribution is -2.43. The first kappa shape index (κ1) is 15.7. The highest BCUT2D eigenvalue weighted by Crippen LogP contribution is 2.06. The highest BCUT2D eigenvalue weighted by molar-refractivity contribution is 7.90. The summed E-state index contributed by atoms with van der Waals surface area (Å²) in [5.74, 6) is 0.123. The highest BCUT2D eigenvalue weighted by atomic mass is 32.2. The van der Waals surface area contributed by atoms with Crippen molar-refractivity contribution in [1.82, 2.24) is 15.4 Å². The number of sulfonamides is 1. The molecule has 0 saturated carbocycles. The first-order valence-electron chi connectivity index (χ1n) is 6.72. The summed E-state index contributed by atoms with van der Waals surface area (Å²) in [5, 5.41) is 5.74. The molecule has 0 aliphatic carbocycles. The average Bonchev–Trinajstić information content (AvgIpc) is 2.74. The molecule has 2 amide bonds. The summed E-state index contributed by atoms with van der Waals surface area (Å²) in [6.45, 7) is 3.05. The quantitative estimate of drug-likeness (QED) is 0.722. The molecule has 3 N–H and O–H groups in total. The standard InChI is InChI=1S/C13H19N3O4S/c17-13(15-9-11-8-14-6-7-20-10-11)16-21(18,19)12-4-2-1-3-5-12/h1-5,11,14H,6-10H2,(H2,15,16,17)/t11-/m1/s1. The van der Waals surface area contributed by atoms with Crippen LogP contribution in [0.2, 0.25) is 0 Å². The summed E-state index contributed by atoms with van der Waals surface area (Å²) < 4.78 is 31.2. The van der Waals surface area contributed by atoms with Crippen molar-refractivity contribution in [3.05, 3.63) is 30.3 Å². The normalized spacial score (nSPS) is 19.5. The predicted molar refractivity (Wildman–Crippen MR) is 77.3 cm³/mol. The number of urea groups is 1. The van der Waals surface area contributed by atoms with E-state index in [1.54, 1.807) is 18.2 Å². The number of ether oxygens (including phenoxy) is 1. The average molecular weight is 313 g/mol. The zero-order valence-corrected chi connectivity index (χ0v) is 12.4. The maximum atomic E-state index is 11.9. The Bertz CT molecular complexity index is 554. The Labute approximate surface area is 124 Å². The molecule has 0 radical (unpaired) electrons. The van der Waals surface area contributed by atoms with Gasteiger partial charge in [0.25, 0.3) is 10.0 Å². The van der Waals surface area contributed by atoms with Crippen LogP contribution in [0.4, 0.5) is 4.79 Å². The van der Waals surface area contributed by atoms with Gasteiger partial charge in [0.2, 0.25) is 0 Å². The minimum absolute atomic E-state index is 0.0552. The van der Waals surface area contributed by atoms with Gasteiger partial charge < -0.3 is 15.4 Å². The van der Waals surface area contributed by atoms with Crippen molar-refractivity contribution < 1.29 is 17.9 Å². The molecule has 1 fully saturated rings. The molecule has 8 heteroatoms. The van der Waals surface area contributed by atoms with E-state index in [2.05, 4.69) is 10.6 Å². The fraction of sp³-hybridized carbons (Fsp3) is 0.462. The summed E-state index contributed by atoms with van der Waals surface area (Å²) in [7, 11) is -3.83. The number of rotatable bonds is 4. The van der Waals surface area contributed by atoms with E-state index in [-0.39, 0.29) is 10.8 Å². The van der Waals surface area contributed by atoms with Gasteiger partial charge in [-0.2, -0.15) is 0 Å². The van der Waals surface area contributed by atoms with Crippen LogP contribution in [0.5, 0.6) is 0 Å². The Hall–Kier alpha value is -1.64. The molecule has 0 aromatic heterocycles. The lowest BCUT2D eigenvalue weighted by Gasteiger charge is -2.15. The number of nitrogens with one attached hydrogen (secondary N) is 3. The molecule has 7 nitrogen and oxygen atoms in total. The zero-order chi connectivity index (χ0) is 15.1. The Morgan fingerprint density at radius 2 is 2.10 bits per heavy atom. The van der Waals surface area contributed by atoms with Crippen LogP contribution >= 0.6 is 0 Å². The molecule has 21 heavy (non-hydrogen) atoms. The van der Waals surface area contributed by atoms with E-state index in [0.29, 0.717) is 19.8 Å². The van der Waals surface area contributed by atoms with E-state index >= 15 is 0 Å². The van der Waals surface area contributed by atoms with Gasteiger partial charge in [0.05, 0.1) is 18.1 Å². The molecular weight excluding hydrogens is 294 g/mol. The highest BCUT2D eigenvalue weighted by Gasteiger charge is 2.18. The van der Waals surface area contributed by atoms with Crippen LogP contribution < -0.4 is 15.4 Å². The van der Waals surface area contributed by atoms with E-state index in [1.165, 1.54) is 12.1 Å². The number of hydrogen-bond acceptors (Lipinski definition) is 5. The molecule has 0 bridgehead atoms. The van der Waals surface area contributed by atoms with Crippen molar-refractivity contribution in [3.8, 4) is 0 Å². The first-order chi connectivity index (χ1) is 10.1. The third kappa shape index (κ3) is 5.00. The Kier molecular flexibility index (Phi) is 5.54. The van der Waals surface area contributed by atoms with Crippen molar-refractivity contribution in [2.75, 3.05) is 32.8 Å². The summed E-state index contributed by atoms with van der Waals surface area (Å²) >= 11 is 0. The Balaban J connectivity index is 1.84. The number of benzene rings is 1. The number of hydrogen-bond donors (Lipinski definition) is 3. The van der Waals surface area contributed by atoms with Crippen molar-refractivity contribution in [2.24, 2.45) is 5.92 Å². The van der Waals surface area contributed by atoms with E-state index in [4.69, 9.17) is 4.74 Å². The molecule has 1 atom stereocenters. The maximum Gasteiger partial charge on any atom is 0.328 e. The molecule has 2 rings (SSSR count). The van der Waals surface area contributed by atoms with Gasteiger partial charge in [-0.3, -0.25) is 0 Å². The fourth-order valence-electron chi connectivity index (χ4n) is 1.94. The van der Waals surface area contributed by atoms with Crippen LogP contribution in [0, 0.1) is 5.92 Å². The lowest BCUT2D eigenvalue weighted by molar-refractivity contribution is 0.123. The van der Waals surface area contributed by atoms with Gasteiger partial charge in [0, 0.05) is 25.6 Å². The topological polar surface area (TPSA) is 96.5 Å². The summed E-state index contributed by atoms with van der Waals surface area (Å²) in [6, 6.07) is 7.03. The molecule has 1 aliphatic rings. The van der Waals surface area contributed by atoms with Gasteiger partial charge >= 0.3 is 6.03 Å². The van der Waals surface area contributed by atoms with Gasteiger partial charge in [0.1, 0.15) is 0 Å². The summed E-state index contributed by atoms with van der Waals surface area (Å²) in [4.78, 5) is 11.8. The molecule has 0 spiro atoms. The minimum Gasteiger partial charge on any atom is -0.380 e. The molecule has 1 aromatic rings. The van der Waals surface area contributed by atoms with Crippen LogP contribution in [0.15, 0.2) is 35.2 Å². The minimum atomic E-state index is -3.83. The fourth-order valence-corrected chi connectivity index (χ4v) is 2.89. The van der Waals surface area contributed by atoms with E-state index in [9.17, 15) is 13.2 Å². The molecule has 1 aliphatic heterocycles. The molecule has 1 saturated heterocycles. The van der Waals surface area contributed by atoms with Crippen LogP contribution in [0.25, 0.3) is 0 Å². The third-order valence-corrected chi connectivity index (χ3v) is 4.39. The Morgan fingerprint density at radius 3 is 2.86 bits per heavy atom. The van der Waals surface area contributed by atoms with Gasteiger partial charge in [-0.25, -0.2) is 17.9 Å². The smallest absolute Gasteiger partial charge is 0.328 e.